The Labute approximate surface area is 89.6 Å². The van der Waals surface area contributed by atoms with Gasteiger partial charge in [-0.05, 0) is 31.6 Å². The zero-order valence-electron chi connectivity index (χ0n) is 8.50. The molecular formula is C10H18N2OS. The SMILES string of the molecule is O=C1CNCCCN1CC1CCCS1. The van der Waals surface area contributed by atoms with Crippen molar-refractivity contribution in [2.45, 2.75) is 24.5 Å². The largest absolute Gasteiger partial charge is 0.340 e. The van der Waals surface area contributed by atoms with Crippen molar-refractivity contribution in [2.75, 3.05) is 31.9 Å². The van der Waals surface area contributed by atoms with Crippen molar-refractivity contribution in [3.05, 3.63) is 0 Å². The molecule has 0 aliphatic carbocycles. The number of amides is 1. The molecule has 1 atom stereocenters. The number of nitrogens with one attached hydrogen (secondary N) is 1. The van der Waals surface area contributed by atoms with Gasteiger partial charge in [0.05, 0.1) is 6.54 Å². The predicted octanol–water partition coefficient (Wildman–Crippen LogP) is 0.704. The van der Waals surface area contributed by atoms with Gasteiger partial charge in [0.15, 0.2) is 0 Å². The molecule has 1 amide bonds. The van der Waals surface area contributed by atoms with Crippen LogP contribution in [0.2, 0.25) is 0 Å². The third-order valence-electron chi connectivity index (χ3n) is 2.86. The number of rotatable bonds is 2. The van der Waals surface area contributed by atoms with Crippen molar-refractivity contribution in [2.24, 2.45) is 0 Å². The lowest BCUT2D eigenvalue weighted by atomic mass is 10.2. The van der Waals surface area contributed by atoms with Gasteiger partial charge in [0.25, 0.3) is 0 Å². The average molecular weight is 214 g/mol. The maximum Gasteiger partial charge on any atom is 0.236 e. The lowest BCUT2D eigenvalue weighted by molar-refractivity contribution is -0.129. The Bertz CT molecular complexity index is 204. The quantitative estimate of drug-likeness (QED) is 0.734. The van der Waals surface area contributed by atoms with Crippen LogP contribution in [0.4, 0.5) is 0 Å². The summed E-state index contributed by atoms with van der Waals surface area (Å²) in [6, 6.07) is 0. The monoisotopic (exact) mass is 214 g/mol. The molecule has 3 nitrogen and oxygen atoms in total. The van der Waals surface area contributed by atoms with Crippen LogP contribution in [0.1, 0.15) is 19.3 Å². The minimum Gasteiger partial charge on any atom is -0.340 e. The number of thioether (sulfide) groups is 1. The summed E-state index contributed by atoms with van der Waals surface area (Å²) in [5.74, 6) is 1.57. The molecule has 2 aliphatic rings. The van der Waals surface area contributed by atoms with Gasteiger partial charge in [0.1, 0.15) is 0 Å². The van der Waals surface area contributed by atoms with E-state index in [1.165, 1.54) is 18.6 Å². The summed E-state index contributed by atoms with van der Waals surface area (Å²) in [5, 5.41) is 3.86. The summed E-state index contributed by atoms with van der Waals surface area (Å²) in [6.45, 7) is 3.45. The Balaban J connectivity index is 1.84. The molecule has 2 fully saturated rings. The first-order valence-corrected chi connectivity index (χ1v) is 6.51. The fourth-order valence-electron chi connectivity index (χ4n) is 2.05. The van der Waals surface area contributed by atoms with Gasteiger partial charge in [-0.2, -0.15) is 11.8 Å². The van der Waals surface area contributed by atoms with E-state index in [4.69, 9.17) is 0 Å². The lowest BCUT2D eigenvalue weighted by Crippen LogP contribution is -2.38. The fourth-order valence-corrected chi connectivity index (χ4v) is 3.34. The van der Waals surface area contributed by atoms with Crippen molar-refractivity contribution >= 4 is 17.7 Å². The minimum absolute atomic E-state index is 0.287. The molecule has 0 spiro atoms. The first-order valence-electron chi connectivity index (χ1n) is 5.46. The summed E-state index contributed by atoms with van der Waals surface area (Å²) < 4.78 is 0. The van der Waals surface area contributed by atoms with E-state index in [1.807, 2.05) is 16.7 Å². The zero-order chi connectivity index (χ0) is 9.80. The molecule has 0 aromatic carbocycles. The lowest BCUT2D eigenvalue weighted by Gasteiger charge is -2.23. The van der Waals surface area contributed by atoms with Gasteiger partial charge in [-0.3, -0.25) is 4.79 Å². The van der Waals surface area contributed by atoms with Crippen LogP contribution < -0.4 is 5.32 Å². The molecule has 0 radical (unpaired) electrons. The fraction of sp³-hybridized carbons (Fsp3) is 0.900. The Morgan fingerprint density at radius 3 is 3.21 bits per heavy atom. The van der Waals surface area contributed by atoms with Crippen molar-refractivity contribution in [1.29, 1.82) is 0 Å². The van der Waals surface area contributed by atoms with Crippen LogP contribution in [0.3, 0.4) is 0 Å². The van der Waals surface area contributed by atoms with E-state index < -0.39 is 0 Å². The molecule has 0 bridgehead atoms. The maximum atomic E-state index is 11.7. The smallest absolute Gasteiger partial charge is 0.236 e. The maximum absolute atomic E-state index is 11.7. The molecule has 1 N–H and O–H groups in total. The van der Waals surface area contributed by atoms with Crippen LogP contribution in [-0.4, -0.2) is 48.0 Å². The third kappa shape index (κ3) is 2.64. The van der Waals surface area contributed by atoms with Crippen LogP contribution in [0.5, 0.6) is 0 Å². The van der Waals surface area contributed by atoms with Crippen LogP contribution in [-0.2, 0) is 4.79 Å². The highest BCUT2D eigenvalue weighted by Gasteiger charge is 2.22. The van der Waals surface area contributed by atoms with E-state index >= 15 is 0 Å². The molecular weight excluding hydrogens is 196 g/mol. The highest BCUT2D eigenvalue weighted by atomic mass is 32.2. The van der Waals surface area contributed by atoms with Crippen molar-refractivity contribution in [3.63, 3.8) is 0 Å². The Hall–Kier alpha value is -0.220. The van der Waals surface area contributed by atoms with Crippen LogP contribution in [0.15, 0.2) is 0 Å². The van der Waals surface area contributed by atoms with Crippen LogP contribution in [0.25, 0.3) is 0 Å². The van der Waals surface area contributed by atoms with E-state index in [0.29, 0.717) is 11.8 Å². The summed E-state index contributed by atoms with van der Waals surface area (Å²) >= 11 is 2.03. The van der Waals surface area contributed by atoms with Gasteiger partial charge in [0, 0.05) is 18.3 Å². The third-order valence-corrected chi connectivity index (χ3v) is 4.24. The van der Waals surface area contributed by atoms with Gasteiger partial charge in [-0.1, -0.05) is 0 Å². The standard InChI is InChI=1S/C10H18N2OS/c13-10-7-11-4-2-5-12(10)8-9-3-1-6-14-9/h9,11H,1-8H2. The van der Waals surface area contributed by atoms with Crippen molar-refractivity contribution < 1.29 is 4.79 Å². The number of carbonyl (C=O) groups is 1. The molecule has 2 aliphatic heterocycles. The average Bonchev–Trinajstić information content (AvgIpc) is 2.60. The van der Waals surface area contributed by atoms with E-state index in [0.717, 1.165) is 26.1 Å². The topological polar surface area (TPSA) is 32.3 Å². The number of hydrogen-bond donors (Lipinski definition) is 1. The summed E-state index contributed by atoms with van der Waals surface area (Å²) in [7, 11) is 0. The van der Waals surface area contributed by atoms with Crippen LogP contribution >= 0.6 is 11.8 Å². The molecule has 1 unspecified atom stereocenters. The Kier molecular flexibility index (Phi) is 3.70. The first-order chi connectivity index (χ1) is 6.86. The van der Waals surface area contributed by atoms with Gasteiger partial charge >= 0.3 is 0 Å². The van der Waals surface area contributed by atoms with Gasteiger partial charge < -0.3 is 10.2 Å². The number of nitrogens with zero attached hydrogens (tertiary/aromatic N) is 1. The summed E-state index contributed by atoms with van der Waals surface area (Å²) in [5.41, 5.74) is 0. The van der Waals surface area contributed by atoms with Crippen molar-refractivity contribution in [3.8, 4) is 0 Å². The molecule has 14 heavy (non-hydrogen) atoms. The van der Waals surface area contributed by atoms with Crippen LogP contribution in [0, 0.1) is 0 Å². The van der Waals surface area contributed by atoms with Gasteiger partial charge in [-0.25, -0.2) is 0 Å². The molecule has 0 saturated carbocycles. The minimum atomic E-state index is 0.287. The second kappa shape index (κ2) is 5.03. The molecule has 2 heterocycles. The normalized spacial score (nSPS) is 29.3. The molecule has 0 aromatic rings. The van der Waals surface area contributed by atoms with E-state index in [1.54, 1.807) is 0 Å². The van der Waals surface area contributed by atoms with Gasteiger partial charge in [0.2, 0.25) is 5.91 Å². The molecule has 0 aromatic heterocycles. The summed E-state index contributed by atoms with van der Waals surface area (Å²) in [4.78, 5) is 13.7. The molecule has 2 rings (SSSR count). The van der Waals surface area contributed by atoms with Crippen molar-refractivity contribution in [1.82, 2.24) is 10.2 Å². The molecule has 2 saturated heterocycles. The number of hydrogen-bond acceptors (Lipinski definition) is 3. The predicted molar refractivity (Wildman–Crippen MR) is 59.5 cm³/mol. The van der Waals surface area contributed by atoms with E-state index in [-0.39, 0.29) is 5.91 Å². The highest BCUT2D eigenvalue weighted by Crippen LogP contribution is 2.26. The number of carbonyl (C=O) groups excluding carboxylic acids is 1. The Morgan fingerprint density at radius 2 is 2.43 bits per heavy atom. The summed E-state index contributed by atoms with van der Waals surface area (Å²) in [6.07, 6.45) is 3.72. The molecule has 80 valence electrons. The van der Waals surface area contributed by atoms with E-state index in [9.17, 15) is 4.79 Å². The zero-order valence-corrected chi connectivity index (χ0v) is 9.31. The van der Waals surface area contributed by atoms with Gasteiger partial charge in [-0.15, -0.1) is 0 Å². The first kappa shape index (κ1) is 10.3. The second-order valence-electron chi connectivity index (χ2n) is 4.01. The second-order valence-corrected chi connectivity index (χ2v) is 5.41. The van der Waals surface area contributed by atoms with E-state index in [2.05, 4.69) is 5.32 Å². The highest BCUT2D eigenvalue weighted by molar-refractivity contribution is 8.00. The Morgan fingerprint density at radius 1 is 1.50 bits per heavy atom. The molecule has 4 heteroatoms.